The standard InChI is InChI=1S/C18H24N4.ClH/c1-11-4-3-5-14(11)16-9-13(8-12(2)21-16)18-20-10-17-15(22-18)6-7-19-17;/h6-7,10,12-13,16,21H,3-5,8-9H2,1-2H3,(H,20,22);1H. The SMILES string of the molecule is CC1=C(C2CC(c3ncc4nccc-4[nH]3)CC(C)N2)CCC1.Cl. The number of piperidine rings is 1. The Balaban J connectivity index is 0.00000156. The molecule has 0 radical (unpaired) electrons. The third-order valence-electron chi connectivity index (χ3n) is 5.32. The van der Waals surface area contributed by atoms with Gasteiger partial charge in [0.15, 0.2) is 0 Å². The van der Waals surface area contributed by atoms with E-state index in [2.05, 4.69) is 34.1 Å². The minimum absolute atomic E-state index is 0. The lowest BCUT2D eigenvalue weighted by molar-refractivity contribution is 0.317. The van der Waals surface area contributed by atoms with E-state index in [0.29, 0.717) is 18.0 Å². The molecule has 0 spiro atoms. The van der Waals surface area contributed by atoms with Crippen LogP contribution >= 0.6 is 12.4 Å². The maximum absolute atomic E-state index is 4.66. The van der Waals surface area contributed by atoms with Crippen molar-refractivity contribution in [2.24, 2.45) is 0 Å². The summed E-state index contributed by atoms with van der Waals surface area (Å²) in [5, 5.41) is 3.81. The van der Waals surface area contributed by atoms with E-state index in [4.69, 9.17) is 0 Å². The van der Waals surface area contributed by atoms with Crippen molar-refractivity contribution in [1.29, 1.82) is 0 Å². The predicted molar refractivity (Wildman–Crippen MR) is 95.2 cm³/mol. The van der Waals surface area contributed by atoms with Gasteiger partial charge in [-0.3, -0.25) is 4.98 Å². The number of hydrogen-bond donors (Lipinski definition) is 2. The van der Waals surface area contributed by atoms with Crippen molar-refractivity contribution in [3.05, 3.63) is 35.4 Å². The van der Waals surface area contributed by atoms with E-state index in [1.165, 1.54) is 19.3 Å². The highest BCUT2D eigenvalue weighted by atomic mass is 35.5. The van der Waals surface area contributed by atoms with Crippen molar-refractivity contribution < 1.29 is 0 Å². The fraction of sp³-hybridized carbons (Fsp3) is 0.556. The largest absolute Gasteiger partial charge is 0.342 e. The molecule has 1 aliphatic carbocycles. The molecule has 0 amide bonds. The van der Waals surface area contributed by atoms with Crippen LogP contribution in [0, 0.1) is 0 Å². The van der Waals surface area contributed by atoms with Crippen LogP contribution in [0.15, 0.2) is 29.6 Å². The Kier molecular flexibility index (Phi) is 4.74. The second-order valence-corrected chi connectivity index (χ2v) is 6.96. The summed E-state index contributed by atoms with van der Waals surface area (Å²) in [4.78, 5) is 12.5. The molecule has 1 saturated heterocycles. The number of allylic oxidation sites excluding steroid dienone is 1. The van der Waals surface area contributed by atoms with E-state index in [1.54, 1.807) is 11.1 Å². The quantitative estimate of drug-likeness (QED) is 0.815. The number of aromatic amines is 1. The molecular formula is C18H25ClN4. The van der Waals surface area contributed by atoms with Crippen LogP contribution in [-0.2, 0) is 0 Å². The van der Waals surface area contributed by atoms with Gasteiger partial charge < -0.3 is 10.3 Å². The maximum atomic E-state index is 4.66. The highest BCUT2D eigenvalue weighted by molar-refractivity contribution is 5.85. The van der Waals surface area contributed by atoms with E-state index in [0.717, 1.165) is 30.1 Å². The zero-order valence-electron chi connectivity index (χ0n) is 13.8. The Bertz CT molecular complexity index is 677. The fourth-order valence-electron chi connectivity index (χ4n) is 4.21. The number of aromatic nitrogens is 3. The van der Waals surface area contributed by atoms with Gasteiger partial charge in [-0.1, -0.05) is 11.1 Å². The molecular weight excluding hydrogens is 308 g/mol. The van der Waals surface area contributed by atoms with Crippen molar-refractivity contribution in [1.82, 2.24) is 20.3 Å². The molecule has 4 rings (SSSR count). The van der Waals surface area contributed by atoms with Crippen LogP contribution in [0.3, 0.4) is 0 Å². The van der Waals surface area contributed by atoms with Crippen molar-refractivity contribution in [3.8, 4) is 11.4 Å². The molecule has 0 aromatic carbocycles. The van der Waals surface area contributed by atoms with Gasteiger partial charge in [0.05, 0.1) is 11.9 Å². The molecule has 1 fully saturated rings. The molecule has 3 unspecified atom stereocenters. The summed E-state index contributed by atoms with van der Waals surface area (Å²) < 4.78 is 0. The molecule has 2 N–H and O–H groups in total. The van der Waals surface area contributed by atoms with Crippen LogP contribution < -0.4 is 5.32 Å². The van der Waals surface area contributed by atoms with Gasteiger partial charge in [0.1, 0.15) is 11.5 Å². The van der Waals surface area contributed by atoms with Gasteiger partial charge in [-0.15, -0.1) is 12.4 Å². The van der Waals surface area contributed by atoms with Crippen molar-refractivity contribution >= 4 is 12.4 Å². The summed E-state index contributed by atoms with van der Waals surface area (Å²) in [6.07, 6.45) is 9.92. The molecule has 0 aromatic heterocycles. The van der Waals surface area contributed by atoms with E-state index in [9.17, 15) is 0 Å². The highest BCUT2D eigenvalue weighted by Gasteiger charge is 2.32. The van der Waals surface area contributed by atoms with Crippen LogP contribution in [0.25, 0.3) is 11.4 Å². The third-order valence-corrected chi connectivity index (χ3v) is 5.32. The zero-order chi connectivity index (χ0) is 15.1. The Labute approximate surface area is 143 Å². The molecule has 23 heavy (non-hydrogen) atoms. The number of nitrogens with zero attached hydrogens (tertiary/aromatic N) is 2. The molecule has 0 aromatic rings. The second kappa shape index (κ2) is 6.62. The lowest BCUT2D eigenvalue weighted by Crippen LogP contribution is -2.44. The van der Waals surface area contributed by atoms with Gasteiger partial charge in [0.2, 0.25) is 0 Å². The van der Waals surface area contributed by atoms with Crippen LogP contribution in [0.2, 0.25) is 0 Å². The molecule has 3 heterocycles. The highest BCUT2D eigenvalue weighted by Crippen LogP contribution is 2.37. The molecule has 0 saturated carbocycles. The molecule has 3 aliphatic heterocycles. The lowest BCUT2D eigenvalue weighted by Gasteiger charge is -2.35. The Morgan fingerprint density at radius 1 is 1.17 bits per heavy atom. The summed E-state index contributed by atoms with van der Waals surface area (Å²) in [6, 6.07) is 3.10. The monoisotopic (exact) mass is 332 g/mol. The Hall–Kier alpha value is -1.39. The molecule has 5 heteroatoms. The summed E-state index contributed by atoms with van der Waals surface area (Å²) >= 11 is 0. The number of H-pyrrole nitrogens is 1. The fourth-order valence-corrected chi connectivity index (χ4v) is 4.21. The Morgan fingerprint density at radius 2 is 2.04 bits per heavy atom. The number of fused-ring (bicyclic) bond motifs is 1. The summed E-state index contributed by atoms with van der Waals surface area (Å²) in [5.74, 6) is 1.62. The van der Waals surface area contributed by atoms with E-state index < -0.39 is 0 Å². The third kappa shape index (κ3) is 3.15. The lowest BCUT2D eigenvalue weighted by atomic mass is 9.83. The maximum Gasteiger partial charge on any atom is 0.109 e. The van der Waals surface area contributed by atoms with Gasteiger partial charge in [-0.2, -0.15) is 0 Å². The van der Waals surface area contributed by atoms with E-state index in [1.807, 2.05) is 18.5 Å². The van der Waals surface area contributed by atoms with Gasteiger partial charge in [-0.25, -0.2) is 4.98 Å². The average molecular weight is 333 g/mol. The minimum Gasteiger partial charge on any atom is -0.342 e. The number of halogens is 1. The van der Waals surface area contributed by atoms with Crippen LogP contribution in [-0.4, -0.2) is 27.0 Å². The summed E-state index contributed by atoms with van der Waals surface area (Å²) in [5.41, 5.74) is 5.33. The van der Waals surface area contributed by atoms with Crippen LogP contribution in [0.4, 0.5) is 0 Å². The molecule has 4 aliphatic rings. The topological polar surface area (TPSA) is 53.6 Å². The summed E-state index contributed by atoms with van der Waals surface area (Å²) in [6.45, 7) is 4.61. The van der Waals surface area contributed by atoms with Crippen LogP contribution in [0.5, 0.6) is 0 Å². The zero-order valence-corrected chi connectivity index (χ0v) is 14.6. The first-order valence-corrected chi connectivity index (χ1v) is 8.45. The minimum atomic E-state index is 0. The van der Waals surface area contributed by atoms with Gasteiger partial charge in [0.25, 0.3) is 0 Å². The molecule has 124 valence electrons. The molecule has 4 nitrogen and oxygen atoms in total. The first-order valence-electron chi connectivity index (χ1n) is 8.45. The molecule has 3 atom stereocenters. The van der Waals surface area contributed by atoms with E-state index >= 15 is 0 Å². The smallest absolute Gasteiger partial charge is 0.109 e. The predicted octanol–water partition coefficient (Wildman–Crippen LogP) is 4.06. The summed E-state index contributed by atoms with van der Waals surface area (Å²) in [7, 11) is 0. The van der Waals surface area contributed by atoms with Crippen molar-refractivity contribution in [3.63, 3.8) is 0 Å². The van der Waals surface area contributed by atoms with Crippen molar-refractivity contribution in [2.45, 2.75) is 64.0 Å². The first kappa shape index (κ1) is 16.5. The normalized spacial score (nSPS) is 28.2. The number of rotatable bonds is 2. The number of hydrogen-bond acceptors (Lipinski definition) is 3. The van der Waals surface area contributed by atoms with E-state index in [-0.39, 0.29) is 12.4 Å². The average Bonchev–Trinajstić information content (AvgIpc) is 3.14. The van der Waals surface area contributed by atoms with Gasteiger partial charge in [-0.05, 0) is 52.0 Å². The second-order valence-electron chi connectivity index (χ2n) is 6.96. The van der Waals surface area contributed by atoms with Crippen molar-refractivity contribution in [2.75, 3.05) is 0 Å². The first-order chi connectivity index (χ1) is 10.7. The van der Waals surface area contributed by atoms with Crippen LogP contribution in [0.1, 0.15) is 57.7 Å². The Morgan fingerprint density at radius 3 is 2.83 bits per heavy atom. The van der Waals surface area contributed by atoms with Gasteiger partial charge >= 0.3 is 0 Å². The van der Waals surface area contributed by atoms with Gasteiger partial charge in [0, 0.05) is 24.2 Å². The number of nitrogens with one attached hydrogen (secondary N) is 2. The molecule has 0 bridgehead atoms.